The Hall–Kier alpha value is -0.742. The molecule has 70 valence electrons. The summed E-state index contributed by atoms with van der Waals surface area (Å²) in [6.07, 6.45) is 7.58. The molecule has 14 heavy (non-hydrogen) atoms. The van der Waals surface area contributed by atoms with Crippen molar-refractivity contribution in [1.29, 1.82) is 0 Å². The summed E-state index contributed by atoms with van der Waals surface area (Å²) in [4.78, 5) is 0. The Bertz CT molecular complexity index is 425. The van der Waals surface area contributed by atoms with Crippen LogP contribution in [0.4, 0.5) is 0 Å². The molecule has 2 rings (SSSR count). The molecule has 1 heteroatoms. The van der Waals surface area contributed by atoms with Crippen LogP contribution in [0.15, 0.2) is 42.5 Å². The molecule has 0 unspecified atom stereocenters. The first-order valence-corrected chi connectivity index (χ1v) is 6.24. The van der Waals surface area contributed by atoms with Gasteiger partial charge in [0.2, 0.25) is 0 Å². The van der Waals surface area contributed by atoms with Gasteiger partial charge in [0.05, 0.1) is 0 Å². The second-order valence-electron chi connectivity index (χ2n) is 3.36. The van der Waals surface area contributed by atoms with Gasteiger partial charge in [0, 0.05) is 0 Å². The van der Waals surface area contributed by atoms with Gasteiger partial charge in [0.25, 0.3) is 0 Å². The number of allylic oxidation sites excluding steroid dienone is 4. The van der Waals surface area contributed by atoms with E-state index >= 15 is 0 Å². The molecule has 0 heterocycles. The first-order chi connectivity index (χ1) is 6.83. The molecule has 0 saturated heterocycles. The van der Waals surface area contributed by atoms with Gasteiger partial charge in [0.1, 0.15) is 0 Å². The quantitative estimate of drug-likeness (QED) is 0.729. The van der Waals surface area contributed by atoms with Crippen LogP contribution in [0.5, 0.6) is 0 Å². The molecule has 0 fully saturated rings. The van der Waals surface area contributed by atoms with Crippen molar-refractivity contribution in [3.8, 4) is 0 Å². The molecular weight excluding hydrogens is 340 g/mol. The van der Waals surface area contributed by atoms with Gasteiger partial charge in [0.15, 0.2) is 0 Å². The fourth-order valence-corrected chi connectivity index (χ4v) is 2.93. The number of hydrogen-bond donors (Lipinski definition) is 0. The normalized spacial score (nSPS) is 18.1. The zero-order valence-electron chi connectivity index (χ0n) is 8.16. The zero-order chi connectivity index (χ0) is 9.97. The molecule has 0 bridgehead atoms. The fraction of sp³-hybridized carbons (Fsp3) is 0.154. The SMILES string of the molecule is CC=CC=C1[C](=[W])Cc2ccccc21. The van der Waals surface area contributed by atoms with E-state index in [0.29, 0.717) is 0 Å². The van der Waals surface area contributed by atoms with E-state index in [-0.39, 0.29) is 0 Å². The van der Waals surface area contributed by atoms with Gasteiger partial charge in [-0.3, -0.25) is 0 Å². The molecule has 0 saturated carbocycles. The number of hydrogen-bond acceptors (Lipinski definition) is 0. The summed E-state index contributed by atoms with van der Waals surface area (Å²) >= 11 is 1.59. The molecule has 0 nitrogen and oxygen atoms in total. The number of benzene rings is 1. The summed E-state index contributed by atoms with van der Waals surface area (Å²) < 4.78 is 1.56. The minimum absolute atomic E-state index is 1.15. The van der Waals surface area contributed by atoms with Crippen molar-refractivity contribution in [1.82, 2.24) is 0 Å². The Kier molecular flexibility index (Phi) is 2.93. The van der Waals surface area contributed by atoms with Crippen molar-refractivity contribution < 1.29 is 19.4 Å². The molecule has 0 amide bonds. The van der Waals surface area contributed by atoms with Gasteiger partial charge in [-0.15, -0.1) is 0 Å². The van der Waals surface area contributed by atoms with Crippen molar-refractivity contribution in [3.63, 3.8) is 0 Å². The van der Waals surface area contributed by atoms with Crippen LogP contribution in [-0.2, 0) is 25.8 Å². The van der Waals surface area contributed by atoms with Crippen molar-refractivity contribution in [2.75, 3.05) is 0 Å². The Balaban J connectivity index is 2.49. The Morgan fingerprint density at radius 1 is 1.29 bits per heavy atom. The van der Waals surface area contributed by atoms with Crippen molar-refractivity contribution >= 4 is 9.47 Å². The van der Waals surface area contributed by atoms with Crippen LogP contribution in [-0.4, -0.2) is 3.90 Å². The molecule has 1 aromatic carbocycles. The topological polar surface area (TPSA) is 0 Å². The molecule has 0 atom stereocenters. The molecule has 1 aromatic rings. The Morgan fingerprint density at radius 2 is 2.07 bits per heavy atom. The standard InChI is InChI=1S/C13H12.W/c1-2-3-6-11-9-10-12-7-4-5-8-13(11)12;/h2-8H,10H2,1H3;. The summed E-state index contributed by atoms with van der Waals surface area (Å²) in [5, 5.41) is 0. The number of rotatable bonds is 1. The predicted octanol–water partition coefficient (Wildman–Crippen LogP) is 2.92. The van der Waals surface area contributed by atoms with Crippen LogP contribution in [0.3, 0.4) is 0 Å². The van der Waals surface area contributed by atoms with Crippen molar-refractivity contribution in [3.05, 3.63) is 53.6 Å². The first kappa shape index (κ1) is 9.80. The molecule has 0 aliphatic heterocycles. The second kappa shape index (κ2) is 4.19. The monoisotopic (exact) mass is 352 g/mol. The molecule has 1 aliphatic carbocycles. The van der Waals surface area contributed by atoms with Crippen LogP contribution in [0, 0.1) is 0 Å². The Morgan fingerprint density at radius 3 is 2.86 bits per heavy atom. The van der Waals surface area contributed by atoms with E-state index in [9.17, 15) is 0 Å². The van der Waals surface area contributed by atoms with E-state index < -0.39 is 0 Å². The average molecular weight is 352 g/mol. The molecule has 0 spiro atoms. The third-order valence-electron chi connectivity index (χ3n) is 2.41. The van der Waals surface area contributed by atoms with Crippen molar-refractivity contribution in [2.24, 2.45) is 0 Å². The van der Waals surface area contributed by atoms with Crippen LogP contribution in [0.1, 0.15) is 18.1 Å². The first-order valence-electron chi connectivity index (χ1n) is 4.77. The third-order valence-corrected chi connectivity index (χ3v) is 3.72. The van der Waals surface area contributed by atoms with Gasteiger partial charge in [-0.2, -0.15) is 0 Å². The molecular formula is C13H12W. The van der Waals surface area contributed by atoms with Crippen LogP contribution in [0.25, 0.3) is 5.57 Å². The van der Waals surface area contributed by atoms with E-state index in [1.165, 1.54) is 16.7 Å². The number of fused-ring (bicyclic) bond motifs is 1. The van der Waals surface area contributed by atoms with Gasteiger partial charge >= 0.3 is 95.8 Å². The third kappa shape index (κ3) is 1.72. The molecule has 0 aromatic heterocycles. The van der Waals surface area contributed by atoms with Crippen LogP contribution in [0.2, 0.25) is 0 Å². The summed E-state index contributed by atoms with van der Waals surface area (Å²) in [5.74, 6) is 0. The predicted molar refractivity (Wildman–Crippen MR) is 57.9 cm³/mol. The van der Waals surface area contributed by atoms with Gasteiger partial charge < -0.3 is 0 Å². The minimum atomic E-state index is 1.15. The second-order valence-corrected chi connectivity index (χ2v) is 5.13. The molecule has 0 N–H and O–H groups in total. The fourth-order valence-electron chi connectivity index (χ4n) is 1.73. The Labute approximate surface area is 95.8 Å². The van der Waals surface area contributed by atoms with Gasteiger partial charge in [-0.05, 0) is 0 Å². The van der Waals surface area contributed by atoms with Crippen LogP contribution >= 0.6 is 0 Å². The van der Waals surface area contributed by atoms with Gasteiger partial charge in [-0.1, -0.05) is 0 Å². The van der Waals surface area contributed by atoms with Gasteiger partial charge in [-0.25, -0.2) is 0 Å². The maximum atomic E-state index is 2.23. The van der Waals surface area contributed by atoms with E-state index in [2.05, 4.69) is 49.4 Å². The van der Waals surface area contributed by atoms with Crippen molar-refractivity contribution in [2.45, 2.75) is 13.3 Å². The molecule has 0 radical (unpaired) electrons. The zero-order valence-corrected chi connectivity index (χ0v) is 11.1. The summed E-state index contributed by atoms with van der Waals surface area (Å²) in [6.45, 7) is 2.06. The van der Waals surface area contributed by atoms with Crippen LogP contribution < -0.4 is 0 Å². The molecule has 1 aliphatic rings. The van der Waals surface area contributed by atoms with E-state index in [0.717, 1.165) is 6.42 Å². The summed E-state index contributed by atoms with van der Waals surface area (Å²) in [6, 6.07) is 8.70. The van der Waals surface area contributed by atoms with E-state index in [1.807, 2.05) is 0 Å². The average Bonchev–Trinajstić information content (AvgIpc) is 2.51. The summed E-state index contributed by atoms with van der Waals surface area (Å²) in [7, 11) is 0. The summed E-state index contributed by atoms with van der Waals surface area (Å²) in [5.41, 5.74) is 4.34. The van der Waals surface area contributed by atoms with E-state index in [1.54, 1.807) is 23.3 Å². The maximum absolute atomic E-state index is 2.23. The van der Waals surface area contributed by atoms with E-state index in [4.69, 9.17) is 0 Å².